The third kappa shape index (κ3) is 5.20. The van der Waals surface area contributed by atoms with Crippen LogP contribution in [0.1, 0.15) is 54.4 Å². The van der Waals surface area contributed by atoms with Crippen LogP contribution >= 0.6 is 0 Å². The number of aliphatic carboxylic acids is 1. The molecule has 1 aliphatic carbocycles. The largest absolute Gasteiger partial charge is 0.481 e. The topological polar surface area (TPSA) is 102 Å². The van der Waals surface area contributed by atoms with E-state index < -0.39 is 40.7 Å². The van der Waals surface area contributed by atoms with Gasteiger partial charge in [0.05, 0.1) is 6.42 Å². The van der Waals surface area contributed by atoms with Crippen LogP contribution < -0.4 is 5.32 Å². The zero-order valence-electron chi connectivity index (χ0n) is 14.0. The van der Waals surface area contributed by atoms with Gasteiger partial charge in [-0.05, 0) is 48.0 Å². The van der Waals surface area contributed by atoms with Crippen LogP contribution in [0, 0.1) is 5.92 Å². The van der Waals surface area contributed by atoms with Crippen molar-refractivity contribution in [1.29, 1.82) is 0 Å². The number of hydrogen-bond donors (Lipinski definition) is 2. The molecule has 0 unspecified atom stereocenters. The van der Waals surface area contributed by atoms with Gasteiger partial charge in [0.1, 0.15) is 16.7 Å². The monoisotopic (exact) mass is 315 g/mol. The molecule has 7 nitrogen and oxygen atoms in total. The number of amides is 1. The molecule has 0 bridgehead atoms. The molecule has 2 atom stereocenters. The van der Waals surface area contributed by atoms with Gasteiger partial charge in [0, 0.05) is 5.92 Å². The third-order valence-electron chi connectivity index (χ3n) is 3.01. The second-order valence-corrected chi connectivity index (χ2v) is 7.60. The highest BCUT2D eigenvalue weighted by molar-refractivity contribution is 5.91. The Morgan fingerprint density at radius 2 is 1.59 bits per heavy atom. The fourth-order valence-corrected chi connectivity index (χ4v) is 2.10. The smallest absolute Gasteiger partial charge is 0.408 e. The fraction of sp³-hybridized carbons (Fsp3) is 0.800. The quantitative estimate of drug-likeness (QED) is 0.770. The van der Waals surface area contributed by atoms with E-state index in [-0.39, 0.29) is 12.8 Å². The van der Waals surface area contributed by atoms with E-state index in [1.54, 1.807) is 41.5 Å². The molecule has 0 spiro atoms. The Bertz CT molecular complexity index is 473. The summed E-state index contributed by atoms with van der Waals surface area (Å²) in [6.45, 7) is 10.2. The number of carbonyl (C=O) groups is 3. The van der Waals surface area contributed by atoms with Crippen LogP contribution in [0.3, 0.4) is 0 Å². The summed E-state index contributed by atoms with van der Waals surface area (Å²) in [5.74, 6) is -2.15. The minimum absolute atomic E-state index is 0.213. The highest BCUT2D eigenvalue weighted by atomic mass is 16.6. The highest BCUT2D eigenvalue weighted by Crippen LogP contribution is 2.47. The molecule has 0 heterocycles. The standard InChI is InChI=1S/C15H25NO6/c1-13(2,3)21-11(19)15(8-9(15)7-10(17)18)16-12(20)22-14(4,5)6/h9H,7-8H2,1-6H3,(H,16,20)(H,17,18)/t9-,15+/m0/s1. The molecule has 0 radical (unpaired) electrons. The summed E-state index contributed by atoms with van der Waals surface area (Å²) in [7, 11) is 0. The van der Waals surface area contributed by atoms with Crippen LogP contribution in [-0.4, -0.2) is 39.9 Å². The van der Waals surface area contributed by atoms with Gasteiger partial charge in [-0.2, -0.15) is 0 Å². The van der Waals surface area contributed by atoms with Crippen molar-refractivity contribution in [3.63, 3.8) is 0 Å². The minimum atomic E-state index is -1.31. The van der Waals surface area contributed by atoms with E-state index in [2.05, 4.69) is 5.32 Å². The molecule has 7 heteroatoms. The summed E-state index contributed by atoms with van der Waals surface area (Å²) in [6, 6.07) is 0. The third-order valence-corrected chi connectivity index (χ3v) is 3.01. The number of ether oxygens (including phenoxy) is 2. The van der Waals surface area contributed by atoms with Crippen molar-refractivity contribution in [2.45, 2.75) is 71.1 Å². The van der Waals surface area contributed by atoms with E-state index in [9.17, 15) is 14.4 Å². The van der Waals surface area contributed by atoms with Gasteiger partial charge in [-0.25, -0.2) is 9.59 Å². The van der Waals surface area contributed by atoms with Crippen molar-refractivity contribution < 1.29 is 29.0 Å². The van der Waals surface area contributed by atoms with Crippen molar-refractivity contribution in [2.75, 3.05) is 0 Å². The lowest BCUT2D eigenvalue weighted by Gasteiger charge is -2.26. The van der Waals surface area contributed by atoms with E-state index in [0.29, 0.717) is 0 Å². The Kier molecular flexibility index (Phi) is 4.79. The number of nitrogens with one attached hydrogen (secondary N) is 1. The minimum Gasteiger partial charge on any atom is -0.481 e. The molecule has 1 amide bonds. The molecule has 2 N–H and O–H groups in total. The Balaban J connectivity index is 2.84. The maximum Gasteiger partial charge on any atom is 0.408 e. The van der Waals surface area contributed by atoms with E-state index >= 15 is 0 Å². The molecule has 0 aliphatic heterocycles. The number of carbonyl (C=O) groups excluding carboxylic acids is 2. The van der Waals surface area contributed by atoms with Crippen molar-refractivity contribution in [2.24, 2.45) is 5.92 Å². The van der Waals surface area contributed by atoms with Crippen molar-refractivity contribution >= 4 is 18.0 Å². The van der Waals surface area contributed by atoms with Gasteiger partial charge in [-0.3, -0.25) is 4.79 Å². The normalized spacial score (nSPS) is 24.4. The Hall–Kier alpha value is -1.79. The number of hydrogen-bond acceptors (Lipinski definition) is 5. The van der Waals surface area contributed by atoms with Crippen LogP contribution in [-0.2, 0) is 19.1 Å². The zero-order valence-corrected chi connectivity index (χ0v) is 14.0. The van der Waals surface area contributed by atoms with Gasteiger partial charge in [0.25, 0.3) is 0 Å². The average Bonchev–Trinajstić information content (AvgIpc) is 2.85. The molecule has 126 valence electrons. The molecule has 1 rings (SSSR count). The van der Waals surface area contributed by atoms with E-state index in [1.807, 2.05) is 0 Å². The summed E-state index contributed by atoms with van der Waals surface area (Å²) in [4.78, 5) is 35.1. The number of alkyl carbamates (subject to hydrolysis) is 1. The second kappa shape index (κ2) is 5.78. The molecule has 1 fully saturated rings. The SMILES string of the molecule is CC(C)(C)OC(=O)N[C@]1(C(=O)OC(C)(C)C)C[C@@H]1CC(=O)O. The van der Waals surface area contributed by atoms with Crippen molar-refractivity contribution in [3.8, 4) is 0 Å². The summed E-state index contributed by atoms with van der Waals surface area (Å²) in [6.07, 6.45) is -0.742. The lowest BCUT2D eigenvalue weighted by molar-refractivity contribution is -0.159. The van der Waals surface area contributed by atoms with Gasteiger partial charge < -0.3 is 19.9 Å². The molecule has 1 saturated carbocycles. The number of esters is 1. The Labute approximate surface area is 130 Å². The maximum absolute atomic E-state index is 12.4. The molecule has 0 aromatic heterocycles. The Morgan fingerprint density at radius 1 is 1.09 bits per heavy atom. The van der Waals surface area contributed by atoms with E-state index in [1.165, 1.54) is 0 Å². The lowest BCUT2D eigenvalue weighted by atomic mass is 10.1. The number of rotatable bonds is 4. The predicted molar refractivity (Wildman–Crippen MR) is 78.3 cm³/mol. The van der Waals surface area contributed by atoms with Gasteiger partial charge in [-0.1, -0.05) is 0 Å². The summed E-state index contributed by atoms with van der Waals surface area (Å²) in [5.41, 5.74) is -2.75. The molecule has 0 saturated heterocycles. The first-order chi connectivity index (χ1) is 9.75. The molecule has 0 aromatic rings. The zero-order chi connectivity index (χ0) is 17.3. The lowest BCUT2D eigenvalue weighted by Crippen LogP contribution is -2.49. The van der Waals surface area contributed by atoms with Crippen LogP contribution in [0.2, 0.25) is 0 Å². The molecule has 0 aromatic carbocycles. The average molecular weight is 315 g/mol. The van der Waals surface area contributed by atoms with Crippen molar-refractivity contribution in [1.82, 2.24) is 5.32 Å². The van der Waals surface area contributed by atoms with Gasteiger partial charge in [-0.15, -0.1) is 0 Å². The predicted octanol–water partition coefficient (Wildman–Crippen LogP) is 2.09. The van der Waals surface area contributed by atoms with E-state index in [0.717, 1.165) is 0 Å². The van der Waals surface area contributed by atoms with Crippen LogP contribution in [0.15, 0.2) is 0 Å². The molecular weight excluding hydrogens is 290 g/mol. The highest BCUT2D eigenvalue weighted by Gasteiger charge is 2.64. The summed E-state index contributed by atoms with van der Waals surface area (Å²) < 4.78 is 10.4. The molecule has 1 aliphatic rings. The second-order valence-electron chi connectivity index (χ2n) is 7.60. The Morgan fingerprint density at radius 3 is 2.00 bits per heavy atom. The number of carboxylic acid groups (broad SMARTS) is 1. The van der Waals surface area contributed by atoms with Gasteiger partial charge in [0.2, 0.25) is 0 Å². The van der Waals surface area contributed by atoms with Crippen LogP contribution in [0.5, 0.6) is 0 Å². The fourth-order valence-electron chi connectivity index (χ4n) is 2.10. The maximum atomic E-state index is 12.4. The van der Waals surface area contributed by atoms with Crippen LogP contribution in [0.25, 0.3) is 0 Å². The number of carboxylic acids is 1. The van der Waals surface area contributed by atoms with Crippen LogP contribution in [0.4, 0.5) is 4.79 Å². The first-order valence-electron chi connectivity index (χ1n) is 7.21. The summed E-state index contributed by atoms with van der Waals surface area (Å²) >= 11 is 0. The molecular formula is C15H25NO6. The van der Waals surface area contributed by atoms with Gasteiger partial charge >= 0.3 is 18.0 Å². The molecule has 22 heavy (non-hydrogen) atoms. The first-order valence-corrected chi connectivity index (χ1v) is 7.21. The van der Waals surface area contributed by atoms with Gasteiger partial charge in [0.15, 0.2) is 0 Å². The first kappa shape index (κ1) is 18.3. The van der Waals surface area contributed by atoms with E-state index in [4.69, 9.17) is 14.6 Å². The summed E-state index contributed by atoms with van der Waals surface area (Å²) in [5, 5.41) is 11.4. The van der Waals surface area contributed by atoms with Crippen molar-refractivity contribution in [3.05, 3.63) is 0 Å².